The van der Waals surface area contributed by atoms with Gasteiger partial charge in [0.1, 0.15) is 0 Å². The summed E-state index contributed by atoms with van der Waals surface area (Å²) in [5.41, 5.74) is -1.51. The lowest BCUT2D eigenvalue weighted by molar-refractivity contribution is -0.138. The number of alkyl halides is 6. The fraction of sp³-hybridized carbons (Fsp3) is 0.316. The fourth-order valence-electron chi connectivity index (χ4n) is 2.57. The van der Waals surface area contributed by atoms with Crippen LogP contribution in [-0.2, 0) is 23.7 Å². The number of hydrogen-bond acceptors (Lipinski definition) is 2. The summed E-state index contributed by atoms with van der Waals surface area (Å²) in [5.74, 6) is -0.648. The molecule has 0 aliphatic rings. The minimum atomic E-state index is -4.60. The van der Waals surface area contributed by atoms with E-state index in [2.05, 4.69) is 5.32 Å². The van der Waals surface area contributed by atoms with Crippen LogP contribution in [0.25, 0.3) is 0 Å². The number of likely N-dealkylation sites (N-methyl/N-ethyl adjacent to an activating group) is 1. The van der Waals surface area contributed by atoms with Crippen molar-refractivity contribution in [2.24, 2.45) is 0 Å². The van der Waals surface area contributed by atoms with Crippen LogP contribution in [-0.4, -0.2) is 23.9 Å². The van der Waals surface area contributed by atoms with Gasteiger partial charge in [-0.05, 0) is 36.4 Å². The lowest BCUT2D eigenvalue weighted by Gasteiger charge is -2.21. The summed E-state index contributed by atoms with van der Waals surface area (Å²) in [4.78, 5) is 13.8. The number of halogens is 6. The molecule has 0 saturated heterocycles. The third-order valence-corrected chi connectivity index (χ3v) is 4.01. The molecule has 9 heteroatoms. The maximum absolute atomic E-state index is 13.0. The number of benzene rings is 2. The second-order valence-corrected chi connectivity index (χ2v) is 6.09. The van der Waals surface area contributed by atoms with Gasteiger partial charge in [-0.25, -0.2) is 0 Å². The fourth-order valence-corrected chi connectivity index (χ4v) is 2.57. The van der Waals surface area contributed by atoms with Gasteiger partial charge in [-0.15, -0.1) is 0 Å². The van der Waals surface area contributed by atoms with Crippen LogP contribution in [0.3, 0.4) is 0 Å². The number of nitrogens with zero attached hydrogens (tertiary/aromatic N) is 1. The van der Waals surface area contributed by atoms with Crippen molar-refractivity contribution >= 4 is 11.6 Å². The SMILES string of the molecule is CCN(CC(=O)Nc1ccccc1C(F)(F)F)Cc1ccc(C(F)(F)F)cc1. The maximum Gasteiger partial charge on any atom is 0.418 e. The second kappa shape index (κ2) is 8.64. The summed E-state index contributed by atoms with van der Waals surface area (Å²) >= 11 is 0. The van der Waals surface area contributed by atoms with E-state index in [0.29, 0.717) is 12.1 Å². The largest absolute Gasteiger partial charge is 0.418 e. The van der Waals surface area contributed by atoms with Crippen molar-refractivity contribution in [3.63, 3.8) is 0 Å². The first-order valence-corrected chi connectivity index (χ1v) is 8.35. The lowest BCUT2D eigenvalue weighted by Crippen LogP contribution is -2.33. The number of para-hydroxylation sites is 1. The summed E-state index contributed by atoms with van der Waals surface area (Å²) in [6.45, 7) is 2.10. The molecule has 152 valence electrons. The van der Waals surface area contributed by atoms with Crippen molar-refractivity contribution in [2.45, 2.75) is 25.8 Å². The summed E-state index contributed by atoms with van der Waals surface area (Å²) < 4.78 is 76.8. The zero-order valence-corrected chi connectivity index (χ0v) is 14.9. The Hall–Kier alpha value is -2.55. The van der Waals surface area contributed by atoms with Crippen molar-refractivity contribution in [1.29, 1.82) is 0 Å². The minimum Gasteiger partial charge on any atom is -0.324 e. The molecular formula is C19H18F6N2O. The third-order valence-electron chi connectivity index (χ3n) is 4.01. The van der Waals surface area contributed by atoms with E-state index in [4.69, 9.17) is 0 Å². The highest BCUT2D eigenvalue weighted by Crippen LogP contribution is 2.34. The van der Waals surface area contributed by atoms with E-state index >= 15 is 0 Å². The Bertz CT molecular complexity index is 799. The molecule has 2 aromatic carbocycles. The molecule has 0 atom stereocenters. The molecular weight excluding hydrogens is 386 g/mol. The average molecular weight is 404 g/mol. The normalized spacial score (nSPS) is 12.3. The summed E-state index contributed by atoms with van der Waals surface area (Å²) in [6.07, 6.45) is -9.04. The first kappa shape index (κ1) is 21.7. The van der Waals surface area contributed by atoms with E-state index in [1.165, 1.54) is 24.3 Å². The molecule has 0 spiro atoms. The van der Waals surface area contributed by atoms with E-state index in [9.17, 15) is 31.1 Å². The van der Waals surface area contributed by atoms with Gasteiger partial charge in [0.2, 0.25) is 5.91 Å². The van der Waals surface area contributed by atoms with Gasteiger partial charge in [0.05, 0.1) is 23.4 Å². The number of hydrogen-bond donors (Lipinski definition) is 1. The van der Waals surface area contributed by atoms with Crippen LogP contribution < -0.4 is 5.32 Å². The van der Waals surface area contributed by atoms with Gasteiger partial charge >= 0.3 is 12.4 Å². The van der Waals surface area contributed by atoms with Crippen molar-refractivity contribution in [1.82, 2.24) is 4.90 Å². The molecule has 3 nitrogen and oxygen atoms in total. The molecule has 0 aliphatic heterocycles. The van der Waals surface area contributed by atoms with Gasteiger partial charge in [0, 0.05) is 6.54 Å². The molecule has 0 unspecified atom stereocenters. The zero-order chi connectivity index (χ0) is 20.9. The van der Waals surface area contributed by atoms with Gasteiger partial charge in [-0.3, -0.25) is 9.69 Å². The Kier molecular flexibility index (Phi) is 6.71. The van der Waals surface area contributed by atoms with E-state index in [1.807, 2.05) is 0 Å². The van der Waals surface area contributed by atoms with E-state index in [-0.39, 0.29) is 18.8 Å². The standard InChI is InChI=1S/C19H18F6N2O/c1-2-27(11-13-7-9-14(10-8-13)18(20,21)22)12-17(28)26-16-6-4-3-5-15(16)19(23,24)25/h3-10H,2,11-12H2,1H3,(H,26,28). The van der Waals surface area contributed by atoms with Crippen LogP contribution in [0.15, 0.2) is 48.5 Å². The quantitative estimate of drug-likeness (QED) is 0.673. The molecule has 28 heavy (non-hydrogen) atoms. The Morgan fingerprint density at radius 2 is 1.54 bits per heavy atom. The van der Waals surface area contributed by atoms with Crippen LogP contribution in [0.5, 0.6) is 0 Å². The zero-order valence-electron chi connectivity index (χ0n) is 14.9. The molecule has 1 amide bonds. The highest BCUT2D eigenvalue weighted by Gasteiger charge is 2.33. The summed E-state index contributed by atoms with van der Waals surface area (Å²) in [7, 11) is 0. The Balaban J connectivity index is 2.02. The first-order chi connectivity index (χ1) is 13.0. The molecule has 0 saturated carbocycles. The van der Waals surface area contributed by atoms with Crippen molar-refractivity contribution in [2.75, 3.05) is 18.4 Å². The highest BCUT2D eigenvalue weighted by atomic mass is 19.4. The summed E-state index contributed by atoms with van der Waals surface area (Å²) in [6, 6.07) is 9.14. The Morgan fingerprint density at radius 1 is 0.929 bits per heavy atom. The molecule has 0 aromatic heterocycles. The molecule has 1 N–H and O–H groups in total. The monoisotopic (exact) mass is 404 g/mol. The number of amides is 1. The molecule has 0 aliphatic carbocycles. The summed E-state index contributed by atoms with van der Waals surface area (Å²) in [5, 5.41) is 2.25. The lowest BCUT2D eigenvalue weighted by atomic mass is 10.1. The van der Waals surface area contributed by atoms with Gasteiger partial charge in [0.15, 0.2) is 0 Å². The maximum atomic E-state index is 13.0. The Labute approximate surface area is 158 Å². The predicted octanol–water partition coefficient (Wildman–Crippen LogP) is 5.18. The number of carbonyl (C=O) groups is 1. The molecule has 0 radical (unpaired) electrons. The van der Waals surface area contributed by atoms with Gasteiger partial charge in [-0.1, -0.05) is 31.2 Å². The average Bonchev–Trinajstić information content (AvgIpc) is 2.60. The van der Waals surface area contributed by atoms with Crippen molar-refractivity contribution in [3.05, 3.63) is 65.2 Å². The molecule has 2 aromatic rings. The van der Waals surface area contributed by atoms with Crippen LogP contribution in [0.4, 0.5) is 32.0 Å². The Morgan fingerprint density at radius 3 is 2.07 bits per heavy atom. The molecule has 0 fully saturated rings. The molecule has 2 rings (SSSR count). The van der Waals surface area contributed by atoms with Crippen LogP contribution in [0.1, 0.15) is 23.6 Å². The van der Waals surface area contributed by atoms with Crippen molar-refractivity contribution in [3.8, 4) is 0 Å². The smallest absolute Gasteiger partial charge is 0.324 e. The highest BCUT2D eigenvalue weighted by molar-refractivity contribution is 5.93. The van der Waals surface area contributed by atoms with E-state index in [0.717, 1.165) is 24.3 Å². The predicted molar refractivity (Wildman–Crippen MR) is 92.5 cm³/mol. The van der Waals surface area contributed by atoms with Gasteiger partial charge in [0.25, 0.3) is 0 Å². The number of anilines is 1. The van der Waals surface area contributed by atoms with Crippen LogP contribution in [0, 0.1) is 0 Å². The van der Waals surface area contributed by atoms with Crippen LogP contribution >= 0.6 is 0 Å². The van der Waals surface area contributed by atoms with Crippen molar-refractivity contribution < 1.29 is 31.1 Å². The first-order valence-electron chi connectivity index (χ1n) is 8.35. The van der Waals surface area contributed by atoms with E-state index in [1.54, 1.807) is 11.8 Å². The number of carbonyl (C=O) groups excluding carboxylic acids is 1. The molecule has 0 heterocycles. The topological polar surface area (TPSA) is 32.3 Å². The van der Waals surface area contributed by atoms with Crippen LogP contribution in [0.2, 0.25) is 0 Å². The van der Waals surface area contributed by atoms with E-state index < -0.39 is 29.4 Å². The third kappa shape index (κ3) is 5.98. The second-order valence-electron chi connectivity index (χ2n) is 6.09. The minimum absolute atomic E-state index is 0.184. The number of rotatable bonds is 6. The molecule has 0 bridgehead atoms. The van der Waals surface area contributed by atoms with Gasteiger partial charge in [-0.2, -0.15) is 26.3 Å². The van der Waals surface area contributed by atoms with Gasteiger partial charge < -0.3 is 5.32 Å². The number of nitrogens with one attached hydrogen (secondary N) is 1.